The number of hydrogen-bond donors (Lipinski definition) is 2. The lowest BCUT2D eigenvalue weighted by molar-refractivity contribution is 0.240. The van der Waals surface area contributed by atoms with E-state index < -0.39 is 0 Å². The van der Waals surface area contributed by atoms with E-state index in [1.165, 1.54) is 44.2 Å². The lowest BCUT2D eigenvalue weighted by Gasteiger charge is -2.24. The number of ether oxygens (including phenoxy) is 1. The largest absolute Gasteiger partial charge is 0.488 e. The van der Waals surface area contributed by atoms with Crippen LogP contribution in [0.3, 0.4) is 0 Å². The topological polar surface area (TPSA) is 48.9 Å². The highest BCUT2D eigenvalue weighted by Gasteiger charge is 2.30. The Morgan fingerprint density at radius 1 is 1.22 bits per heavy atom. The molecule has 4 rings (SSSR count). The molecule has 1 aromatic rings. The van der Waals surface area contributed by atoms with Crippen LogP contribution in [0.5, 0.6) is 5.75 Å². The molecule has 6 heteroatoms. The van der Waals surface area contributed by atoms with E-state index in [1.807, 2.05) is 6.07 Å². The Bertz CT molecular complexity index is 607. The molecule has 1 saturated carbocycles. The maximum Gasteiger partial charge on any atom is 0.191 e. The van der Waals surface area contributed by atoms with Gasteiger partial charge in [-0.3, -0.25) is 4.90 Å². The fraction of sp³-hybridized carbons (Fsp3) is 0.667. The van der Waals surface area contributed by atoms with Crippen LogP contribution in [0.1, 0.15) is 44.6 Å². The third kappa shape index (κ3) is 5.28. The van der Waals surface area contributed by atoms with Crippen LogP contribution in [0.4, 0.5) is 0 Å². The predicted octanol–water partition coefficient (Wildman–Crippen LogP) is 3.18. The Hall–Kier alpha value is -1.02. The molecule has 1 aliphatic carbocycles. The molecule has 150 valence electrons. The molecule has 1 saturated heterocycles. The summed E-state index contributed by atoms with van der Waals surface area (Å²) in [4.78, 5) is 7.50. The number of fused-ring (bicyclic) bond motifs is 1. The zero-order valence-electron chi connectivity index (χ0n) is 16.3. The van der Waals surface area contributed by atoms with Gasteiger partial charge in [-0.25, -0.2) is 4.99 Å². The number of likely N-dealkylation sites (tertiary alicyclic amines) is 1. The smallest absolute Gasteiger partial charge is 0.191 e. The van der Waals surface area contributed by atoms with Crippen molar-refractivity contribution in [2.24, 2.45) is 4.99 Å². The maximum absolute atomic E-state index is 6.02. The van der Waals surface area contributed by atoms with Crippen molar-refractivity contribution >= 4 is 29.9 Å². The summed E-state index contributed by atoms with van der Waals surface area (Å²) < 4.78 is 6.02. The molecule has 0 aromatic heterocycles. The van der Waals surface area contributed by atoms with E-state index in [1.54, 1.807) is 0 Å². The number of guanidine groups is 1. The van der Waals surface area contributed by atoms with Crippen molar-refractivity contribution in [1.82, 2.24) is 15.5 Å². The number of nitrogens with zero attached hydrogens (tertiary/aromatic N) is 2. The lowest BCUT2D eigenvalue weighted by atomic mass is 10.1. The van der Waals surface area contributed by atoms with Crippen LogP contribution in [0.2, 0.25) is 0 Å². The fourth-order valence-corrected chi connectivity index (χ4v) is 4.57. The van der Waals surface area contributed by atoms with Crippen molar-refractivity contribution in [2.75, 3.05) is 26.2 Å². The number of hydrogen-bond acceptors (Lipinski definition) is 3. The predicted molar refractivity (Wildman–Crippen MR) is 121 cm³/mol. The van der Waals surface area contributed by atoms with E-state index in [0.29, 0.717) is 12.6 Å². The second kappa shape index (κ2) is 9.96. The first-order valence-corrected chi connectivity index (χ1v) is 10.4. The maximum atomic E-state index is 6.02. The molecule has 2 atom stereocenters. The highest BCUT2D eigenvalue weighted by atomic mass is 127. The van der Waals surface area contributed by atoms with E-state index in [-0.39, 0.29) is 30.1 Å². The summed E-state index contributed by atoms with van der Waals surface area (Å²) in [5.74, 6) is 1.96. The minimum atomic E-state index is 0. The molecule has 0 bridgehead atoms. The average molecular weight is 484 g/mol. The second-order valence-electron chi connectivity index (χ2n) is 7.83. The zero-order chi connectivity index (χ0) is 17.8. The molecule has 3 aliphatic rings. The molecule has 2 fully saturated rings. The Labute approximate surface area is 180 Å². The molecule has 0 spiro atoms. The third-order valence-electron chi connectivity index (χ3n) is 5.91. The quantitative estimate of drug-likeness (QED) is 0.383. The minimum absolute atomic E-state index is 0. The van der Waals surface area contributed by atoms with Crippen LogP contribution in [-0.2, 0) is 6.42 Å². The molecule has 1 aromatic carbocycles. The first kappa shape index (κ1) is 20.7. The van der Waals surface area contributed by atoms with Gasteiger partial charge in [-0.05, 0) is 37.8 Å². The van der Waals surface area contributed by atoms with E-state index in [9.17, 15) is 0 Å². The number of nitrogens with one attached hydrogen (secondary N) is 2. The summed E-state index contributed by atoms with van der Waals surface area (Å²) in [6.07, 6.45) is 7.92. The van der Waals surface area contributed by atoms with Crippen LogP contribution in [0, 0.1) is 0 Å². The van der Waals surface area contributed by atoms with Crippen molar-refractivity contribution in [3.8, 4) is 5.75 Å². The highest BCUT2D eigenvalue weighted by Crippen LogP contribution is 2.28. The van der Waals surface area contributed by atoms with Crippen LogP contribution in [0.25, 0.3) is 0 Å². The van der Waals surface area contributed by atoms with Crippen LogP contribution >= 0.6 is 24.0 Å². The molecule has 2 N–H and O–H groups in total. The first-order chi connectivity index (χ1) is 12.8. The standard InChI is InChI=1S/C21H32N4O.HI/c1-2-22-21(23-14-19-13-16-7-3-6-10-20(16)26-19)24-17-11-12-25(15-17)18-8-4-5-9-18;/h3,6-7,10,17-19H,2,4-5,8-9,11-15H2,1H3,(H2,22,23,24);1H. The molecule has 5 nitrogen and oxygen atoms in total. The zero-order valence-corrected chi connectivity index (χ0v) is 18.7. The number of para-hydroxylation sites is 1. The first-order valence-electron chi connectivity index (χ1n) is 10.4. The third-order valence-corrected chi connectivity index (χ3v) is 5.91. The van der Waals surface area contributed by atoms with Gasteiger partial charge in [-0.1, -0.05) is 31.0 Å². The van der Waals surface area contributed by atoms with Crippen LogP contribution in [-0.4, -0.2) is 55.2 Å². The van der Waals surface area contributed by atoms with Gasteiger partial charge in [0.15, 0.2) is 5.96 Å². The fourth-order valence-electron chi connectivity index (χ4n) is 4.57. The van der Waals surface area contributed by atoms with Gasteiger partial charge >= 0.3 is 0 Å². The van der Waals surface area contributed by atoms with Crippen molar-refractivity contribution in [3.63, 3.8) is 0 Å². The summed E-state index contributed by atoms with van der Waals surface area (Å²) in [7, 11) is 0. The van der Waals surface area contributed by atoms with Gasteiger partial charge in [0.25, 0.3) is 0 Å². The Morgan fingerprint density at radius 2 is 2.04 bits per heavy atom. The molecule has 27 heavy (non-hydrogen) atoms. The number of aliphatic imine (C=N–C) groups is 1. The summed E-state index contributed by atoms with van der Waals surface area (Å²) in [5, 5.41) is 7.06. The number of halogens is 1. The Morgan fingerprint density at radius 3 is 2.81 bits per heavy atom. The van der Waals surface area contributed by atoms with Crippen molar-refractivity contribution in [3.05, 3.63) is 29.8 Å². The van der Waals surface area contributed by atoms with Gasteiger partial charge in [-0.15, -0.1) is 24.0 Å². The molecule has 2 aliphatic heterocycles. The minimum Gasteiger partial charge on any atom is -0.488 e. The van der Waals surface area contributed by atoms with Gasteiger partial charge in [0.2, 0.25) is 0 Å². The van der Waals surface area contributed by atoms with Gasteiger partial charge in [-0.2, -0.15) is 0 Å². The van der Waals surface area contributed by atoms with Gasteiger partial charge in [0.1, 0.15) is 11.9 Å². The Kier molecular flexibility index (Phi) is 7.64. The number of benzene rings is 1. The van der Waals surface area contributed by atoms with E-state index in [2.05, 4.69) is 40.7 Å². The molecule has 0 amide bonds. The van der Waals surface area contributed by atoms with Crippen molar-refractivity contribution in [2.45, 2.75) is 63.6 Å². The van der Waals surface area contributed by atoms with Gasteiger partial charge in [0.05, 0.1) is 6.54 Å². The lowest BCUT2D eigenvalue weighted by Crippen LogP contribution is -2.45. The Balaban J connectivity index is 0.00000210. The van der Waals surface area contributed by atoms with E-state index in [4.69, 9.17) is 9.73 Å². The molecule has 2 heterocycles. The monoisotopic (exact) mass is 484 g/mol. The van der Waals surface area contributed by atoms with Crippen LogP contribution < -0.4 is 15.4 Å². The second-order valence-corrected chi connectivity index (χ2v) is 7.83. The molecular formula is C21H33IN4O. The van der Waals surface area contributed by atoms with Gasteiger partial charge < -0.3 is 15.4 Å². The summed E-state index contributed by atoms with van der Waals surface area (Å²) >= 11 is 0. The average Bonchev–Trinajstić information content (AvgIpc) is 3.39. The molecule has 0 radical (unpaired) electrons. The summed E-state index contributed by atoms with van der Waals surface area (Å²) in [5.41, 5.74) is 1.30. The van der Waals surface area contributed by atoms with Crippen molar-refractivity contribution in [1.29, 1.82) is 0 Å². The SMILES string of the molecule is CCNC(=NCC1Cc2ccccc2O1)NC1CCN(C2CCCC2)C1.I. The van der Waals surface area contributed by atoms with Gasteiger partial charge in [0, 0.05) is 38.1 Å². The molecular weight excluding hydrogens is 451 g/mol. The summed E-state index contributed by atoms with van der Waals surface area (Å²) in [6, 6.07) is 9.65. The van der Waals surface area contributed by atoms with E-state index >= 15 is 0 Å². The highest BCUT2D eigenvalue weighted by molar-refractivity contribution is 14.0. The van der Waals surface area contributed by atoms with Crippen molar-refractivity contribution < 1.29 is 4.74 Å². The van der Waals surface area contributed by atoms with E-state index in [0.717, 1.165) is 37.3 Å². The normalized spacial score (nSPS) is 25.7. The summed E-state index contributed by atoms with van der Waals surface area (Å²) in [6.45, 7) is 6.08. The number of rotatable bonds is 5. The van der Waals surface area contributed by atoms with Crippen LogP contribution in [0.15, 0.2) is 29.3 Å². The molecule has 2 unspecified atom stereocenters.